The van der Waals surface area contributed by atoms with E-state index < -0.39 is 0 Å². The van der Waals surface area contributed by atoms with Crippen LogP contribution in [0, 0.1) is 5.92 Å². The summed E-state index contributed by atoms with van der Waals surface area (Å²) in [6.07, 6.45) is 11.6. The van der Waals surface area contributed by atoms with Crippen molar-refractivity contribution in [1.29, 1.82) is 0 Å². The standard InChI is InChI=1S/C24H29ClN6O/c1-23(3-2-22(23)32)29-6-4-28(5-7-29)21-9-20-17(8-19(21)25)13-27-31(20)18-14-26-30(15-18)24-10-16(11-24)12-24/h8-9,13-16,22,32H,2-7,10-12H2,1H3/t16?,22-,23-,24?/m1/s1. The smallest absolute Gasteiger partial charge is 0.103 e. The van der Waals surface area contributed by atoms with Crippen molar-refractivity contribution in [2.24, 2.45) is 5.92 Å². The molecule has 32 heavy (non-hydrogen) atoms. The molecule has 5 aliphatic rings. The van der Waals surface area contributed by atoms with E-state index in [9.17, 15) is 5.11 Å². The number of piperazine rings is 1. The van der Waals surface area contributed by atoms with Gasteiger partial charge in [-0.15, -0.1) is 0 Å². The van der Waals surface area contributed by atoms with E-state index in [1.807, 2.05) is 23.1 Å². The molecule has 4 saturated carbocycles. The van der Waals surface area contributed by atoms with Gasteiger partial charge in [0, 0.05) is 37.1 Å². The van der Waals surface area contributed by atoms with Crippen LogP contribution in [0.1, 0.15) is 39.0 Å². The van der Waals surface area contributed by atoms with E-state index in [0.29, 0.717) is 0 Å². The number of aliphatic hydroxyl groups is 1. The van der Waals surface area contributed by atoms with Crippen LogP contribution in [0.15, 0.2) is 30.7 Å². The summed E-state index contributed by atoms with van der Waals surface area (Å²) in [6, 6.07) is 4.21. The van der Waals surface area contributed by atoms with Gasteiger partial charge in [0.2, 0.25) is 0 Å². The summed E-state index contributed by atoms with van der Waals surface area (Å²) >= 11 is 6.73. The highest BCUT2D eigenvalue weighted by Crippen LogP contribution is 2.62. The summed E-state index contributed by atoms with van der Waals surface area (Å²) in [5.74, 6) is 0.925. The van der Waals surface area contributed by atoms with Crippen molar-refractivity contribution < 1.29 is 5.11 Å². The first-order valence-corrected chi connectivity index (χ1v) is 12.2. The van der Waals surface area contributed by atoms with Crippen molar-refractivity contribution in [3.63, 3.8) is 0 Å². The number of aliphatic hydroxyl groups excluding tert-OH is 1. The number of rotatable bonds is 4. The minimum atomic E-state index is -0.199. The van der Waals surface area contributed by atoms with Crippen LogP contribution >= 0.6 is 11.6 Å². The van der Waals surface area contributed by atoms with Gasteiger partial charge in [0.25, 0.3) is 0 Å². The predicted octanol–water partition coefficient (Wildman–Crippen LogP) is 3.42. The Bertz CT molecular complexity index is 1190. The second-order valence-electron chi connectivity index (χ2n) is 10.7. The summed E-state index contributed by atoms with van der Waals surface area (Å²) in [6.45, 7) is 5.89. The molecule has 1 aliphatic heterocycles. The van der Waals surface area contributed by atoms with Gasteiger partial charge in [-0.25, -0.2) is 4.68 Å². The number of halogens is 1. The van der Waals surface area contributed by atoms with Crippen molar-refractivity contribution in [3.8, 4) is 5.69 Å². The summed E-state index contributed by atoms with van der Waals surface area (Å²) in [7, 11) is 0. The predicted molar refractivity (Wildman–Crippen MR) is 125 cm³/mol. The molecule has 168 valence electrons. The number of nitrogens with zero attached hydrogens (tertiary/aromatic N) is 6. The molecule has 0 unspecified atom stereocenters. The summed E-state index contributed by atoms with van der Waals surface area (Å²) in [5.41, 5.74) is 3.36. The van der Waals surface area contributed by atoms with E-state index >= 15 is 0 Å². The number of hydrogen-bond acceptors (Lipinski definition) is 5. The second kappa shape index (κ2) is 6.49. The molecule has 3 aromatic rings. The minimum absolute atomic E-state index is 0.0565. The fourth-order valence-electron chi connectivity index (χ4n) is 6.40. The number of aromatic nitrogens is 4. The molecular formula is C24H29ClN6O. The zero-order valence-corrected chi connectivity index (χ0v) is 19.2. The molecule has 2 aromatic heterocycles. The Morgan fingerprint density at radius 3 is 2.47 bits per heavy atom. The van der Waals surface area contributed by atoms with Gasteiger partial charge in [-0.05, 0) is 57.1 Å². The lowest BCUT2D eigenvalue weighted by atomic mass is 9.50. The van der Waals surface area contributed by atoms with E-state index in [4.69, 9.17) is 11.6 Å². The summed E-state index contributed by atoms with van der Waals surface area (Å²) < 4.78 is 4.16. The van der Waals surface area contributed by atoms with Crippen LogP contribution in [0.25, 0.3) is 16.6 Å². The Hall–Kier alpha value is -2.09. The maximum atomic E-state index is 10.3. The van der Waals surface area contributed by atoms with E-state index in [-0.39, 0.29) is 17.2 Å². The summed E-state index contributed by atoms with van der Waals surface area (Å²) in [4.78, 5) is 4.82. The number of benzene rings is 1. The molecule has 4 aliphatic carbocycles. The highest BCUT2D eigenvalue weighted by molar-refractivity contribution is 6.34. The molecule has 5 fully saturated rings. The molecule has 2 atom stereocenters. The van der Waals surface area contributed by atoms with E-state index in [0.717, 1.165) is 72.2 Å². The molecule has 7 nitrogen and oxygen atoms in total. The lowest BCUT2D eigenvalue weighted by Crippen LogP contribution is -2.65. The van der Waals surface area contributed by atoms with Gasteiger partial charge in [0.15, 0.2) is 0 Å². The van der Waals surface area contributed by atoms with Crippen LogP contribution in [0.2, 0.25) is 5.02 Å². The van der Waals surface area contributed by atoms with Gasteiger partial charge in [0.05, 0.1) is 46.5 Å². The van der Waals surface area contributed by atoms with Crippen LogP contribution in [0.4, 0.5) is 5.69 Å². The number of hydrogen-bond donors (Lipinski definition) is 1. The van der Waals surface area contributed by atoms with Crippen LogP contribution < -0.4 is 4.90 Å². The van der Waals surface area contributed by atoms with Gasteiger partial charge < -0.3 is 10.0 Å². The van der Waals surface area contributed by atoms with Crippen molar-refractivity contribution in [2.45, 2.75) is 56.2 Å². The molecule has 8 rings (SSSR count). The van der Waals surface area contributed by atoms with Crippen LogP contribution in [-0.2, 0) is 5.54 Å². The first-order chi connectivity index (χ1) is 15.5. The van der Waals surface area contributed by atoms with Gasteiger partial charge in [-0.2, -0.15) is 10.2 Å². The third-order valence-electron chi connectivity index (χ3n) is 8.93. The monoisotopic (exact) mass is 452 g/mol. The van der Waals surface area contributed by atoms with E-state index in [1.165, 1.54) is 19.3 Å². The van der Waals surface area contributed by atoms with Crippen molar-refractivity contribution in [2.75, 3.05) is 31.1 Å². The third-order valence-corrected chi connectivity index (χ3v) is 9.23. The minimum Gasteiger partial charge on any atom is -0.391 e. The first kappa shape index (κ1) is 19.4. The molecule has 1 saturated heterocycles. The zero-order chi connectivity index (χ0) is 21.7. The molecule has 0 amide bonds. The molecule has 0 radical (unpaired) electrons. The van der Waals surface area contributed by atoms with Crippen molar-refractivity contribution in [1.82, 2.24) is 24.5 Å². The Balaban J connectivity index is 1.17. The average molecular weight is 453 g/mol. The van der Waals surface area contributed by atoms with Crippen LogP contribution in [0.3, 0.4) is 0 Å². The van der Waals surface area contributed by atoms with Crippen LogP contribution in [0.5, 0.6) is 0 Å². The first-order valence-electron chi connectivity index (χ1n) is 11.9. The molecule has 2 bridgehead atoms. The molecular weight excluding hydrogens is 424 g/mol. The van der Waals surface area contributed by atoms with Crippen molar-refractivity contribution in [3.05, 3.63) is 35.7 Å². The maximum absolute atomic E-state index is 10.3. The van der Waals surface area contributed by atoms with E-state index in [1.54, 1.807) is 0 Å². The van der Waals surface area contributed by atoms with Gasteiger partial charge in [-0.1, -0.05) is 11.6 Å². The highest BCUT2D eigenvalue weighted by Gasteiger charge is 2.58. The van der Waals surface area contributed by atoms with Gasteiger partial charge in [0.1, 0.15) is 5.69 Å². The lowest BCUT2D eigenvalue weighted by Gasteiger charge is -2.61. The normalized spacial score (nSPS) is 34.3. The van der Waals surface area contributed by atoms with Gasteiger partial charge >= 0.3 is 0 Å². The number of anilines is 1. The molecule has 0 spiro atoms. The topological polar surface area (TPSA) is 62.3 Å². The average Bonchev–Trinajstić information content (AvgIpc) is 3.36. The summed E-state index contributed by atoms with van der Waals surface area (Å²) in [5, 5.41) is 21.4. The number of fused-ring (bicyclic) bond motifs is 1. The molecule has 1 N–H and O–H groups in total. The lowest BCUT2D eigenvalue weighted by molar-refractivity contribution is -0.0977. The SMILES string of the molecule is C[C@@]1(N2CCN(c3cc4c(cnn4-c4cnn(C56CC(C5)C6)c4)cc3Cl)CC2)CC[C@H]1O. The maximum Gasteiger partial charge on any atom is 0.103 e. The Kier molecular flexibility index (Phi) is 3.93. The highest BCUT2D eigenvalue weighted by atomic mass is 35.5. The van der Waals surface area contributed by atoms with Gasteiger partial charge in [-0.3, -0.25) is 9.58 Å². The molecule has 3 heterocycles. The second-order valence-corrected chi connectivity index (χ2v) is 11.1. The Morgan fingerprint density at radius 1 is 1.06 bits per heavy atom. The largest absolute Gasteiger partial charge is 0.391 e. The fraction of sp³-hybridized carbons (Fsp3) is 0.583. The Labute approximate surface area is 192 Å². The quantitative estimate of drug-likeness (QED) is 0.657. The molecule has 8 heteroatoms. The van der Waals surface area contributed by atoms with Crippen molar-refractivity contribution >= 4 is 28.2 Å². The third kappa shape index (κ3) is 2.56. The molecule has 1 aromatic carbocycles. The van der Waals surface area contributed by atoms with E-state index in [2.05, 4.69) is 43.9 Å². The van der Waals surface area contributed by atoms with Crippen LogP contribution in [-0.4, -0.2) is 67.4 Å². The fourth-order valence-corrected chi connectivity index (χ4v) is 6.69. The Morgan fingerprint density at radius 2 is 1.84 bits per heavy atom. The zero-order valence-electron chi connectivity index (χ0n) is 18.4.